The molecule has 0 spiro atoms. The third-order valence-corrected chi connectivity index (χ3v) is 10.7. The van der Waals surface area contributed by atoms with Gasteiger partial charge < -0.3 is 20.1 Å². The first-order valence-corrected chi connectivity index (χ1v) is 22.3. The quantitative estimate of drug-likeness (QED) is 0.156. The monoisotopic (exact) mass is 635 g/mol. The van der Waals surface area contributed by atoms with Crippen LogP contribution in [0.25, 0.3) is 33.5 Å². The third-order valence-electron chi connectivity index (χ3n) is 7.25. The fourth-order valence-corrected chi connectivity index (χ4v) is 6.06. The molecule has 0 fully saturated rings. The highest BCUT2D eigenvalue weighted by molar-refractivity contribution is 6.76. The minimum absolute atomic E-state index is 0.0958. The van der Waals surface area contributed by atoms with Crippen molar-refractivity contribution in [3.8, 4) is 22.4 Å². The van der Waals surface area contributed by atoms with Gasteiger partial charge in [-0.1, -0.05) is 39.3 Å². The van der Waals surface area contributed by atoms with E-state index in [1.54, 1.807) is 47.8 Å². The standard InChI is InChI=1S/C31H45N7O4Si2/c1-36(2)30(39)22-9-10-26(34-18-22)25-17-23(19-35-28(25)32)24-11-12-33-29-27(24)37(20-41-13-15-43(3,4)5)31(40)38(29)21-42-14-16-44(6,7)8/h9-12,17-19H,13-16,20-21H2,1-8H3,(H2,32,35). The van der Waals surface area contributed by atoms with Gasteiger partial charge in [0.25, 0.3) is 5.91 Å². The van der Waals surface area contributed by atoms with Crippen LogP contribution in [0.5, 0.6) is 0 Å². The van der Waals surface area contributed by atoms with Crippen molar-refractivity contribution < 1.29 is 14.3 Å². The Balaban J connectivity index is 1.76. The molecule has 0 aliphatic heterocycles. The lowest BCUT2D eigenvalue weighted by atomic mass is 10.0. The Morgan fingerprint density at radius 1 is 0.864 bits per heavy atom. The number of rotatable bonds is 13. The van der Waals surface area contributed by atoms with Crippen molar-refractivity contribution in [2.24, 2.45) is 0 Å². The molecule has 44 heavy (non-hydrogen) atoms. The molecule has 0 unspecified atom stereocenters. The number of nitrogens with two attached hydrogens (primary N) is 1. The molecular weight excluding hydrogens is 591 g/mol. The van der Waals surface area contributed by atoms with E-state index in [1.165, 1.54) is 11.1 Å². The Kier molecular flexibility index (Phi) is 10.2. The van der Waals surface area contributed by atoms with Crippen LogP contribution in [-0.4, -0.2) is 78.4 Å². The Hall–Kier alpha value is -3.66. The van der Waals surface area contributed by atoms with Crippen LogP contribution >= 0.6 is 0 Å². The molecule has 4 aromatic rings. The van der Waals surface area contributed by atoms with Crippen LogP contribution in [0, 0.1) is 0 Å². The van der Waals surface area contributed by atoms with Crippen molar-refractivity contribution in [1.29, 1.82) is 0 Å². The molecule has 0 atom stereocenters. The van der Waals surface area contributed by atoms with Crippen molar-refractivity contribution in [2.45, 2.75) is 64.8 Å². The van der Waals surface area contributed by atoms with Gasteiger partial charge >= 0.3 is 5.69 Å². The number of carbonyl (C=O) groups is 1. The maximum atomic E-state index is 13.8. The molecular formula is C31H45N7O4Si2. The van der Waals surface area contributed by atoms with Gasteiger partial charge in [-0.2, -0.15) is 0 Å². The summed E-state index contributed by atoms with van der Waals surface area (Å²) in [4.78, 5) is 41.2. The number of pyridine rings is 3. The van der Waals surface area contributed by atoms with Gasteiger partial charge in [-0.3, -0.25) is 18.9 Å². The molecule has 0 radical (unpaired) electrons. The van der Waals surface area contributed by atoms with E-state index in [0.29, 0.717) is 47.0 Å². The molecule has 4 aromatic heterocycles. The van der Waals surface area contributed by atoms with Gasteiger partial charge in [0, 0.05) is 78.7 Å². The molecule has 2 N–H and O–H groups in total. The molecule has 0 aliphatic rings. The van der Waals surface area contributed by atoms with Crippen LogP contribution in [0.3, 0.4) is 0 Å². The average Bonchev–Trinajstić information content (AvgIpc) is 3.22. The van der Waals surface area contributed by atoms with E-state index in [2.05, 4.69) is 54.2 Å². The molecule has 0 saturated carbocycles. The molecule has 4 heterocycles. The van der Waals surface area contributed by atoms with Gasteiger partial charge in [-0.05, 0) is 36.4 Å². The van der Waals surface area contributed by atoms with Crippen molar-refractivity contribution >= 4 is 39.0 Å². The molecule has 0 aromatic carbocycles. The first kappa shape index (κ1) is 33.2. The Morgan fingerprint density at radius 3 is 2.07 bits per heavy atom. The van der Waals surface area contributed by atoms with E-state index in [0.717, 1.165) is 23.2 Å². The third kappa shape index (κ3) is 8.08. The van der Waals surface area contributed by atoms with Crippen molar-refractivity contribution in [2.75, 3.05) is 33.0 Å². The summed E-state index contributed by atoms with van der Waals surface area (Å²) >= 11 is 0. The maximum Gasteiger partial charge on any atom is 0.334 e. The smallest absolute Gasteiger partial charge is 0.334 e. The second-order valence-electron chi connectivity index (χ2n) is 13.7. The largest absolute Gasteiger partial charge is 0.383 e. The minimum atomic E-state index is -1.31. The zero-order valence-electron chi connectivity index (χ0n) is 27.2. The summed E-state index contributed by atoms with van der Waals surface area (Å²) in [6.45, 7) is 15.1. The lowest BCUT2D eigenvalue weighted by Gasteiger charge is -2.16. The van der Waals surface area contributed by atoms with E-state index >= 15 is 0 Å². The first-order valence-electron chi connectivity index (χ1n) is 14.8. The Labute approximate surface area is 261 Å². The fraction of sp³-hybridized carbons (Fsp3) is 0.452. The van der Waals surface area contributed by atoms with Gasteiger partial charge in [0.15, 0.2) is 5.65 Å². The van der Waals surface area contributed by atoms with E-state index in [-0.39, 0.29) is 25.1 Å². The number of amides is 1. The van der Waals surface area contributed by atoms with Crippen LogP contribution in [0.15, 0.2) is 47.7 Å². The highest BCUT2D eigenvalue weighted by Crippen LogP contribution is 2.32. The summed E-state index contributed by atoms with van der Waals surface area (Å²) in [5.41, 5.74) is 10.4. The summed E-state index contributed by atoms with van der Waals surface area (Å²) in [5, 5.41) is 0. The normalized spacial score (nSPS) is 12.2. The number of hydrogen-bond acceptors (Lipinski definition) is 8. The van der Waals surface area contributed by atoms with Gasteiger partial charge in [-0.25, -0.2) is 14.8 Å². The lowest BCUT2D eigenvalue weighted by molar-refractivity contribution is 0.0753. The van der Waals surface area contributed by atoms with Crippen LogP contribution in [0.4, 0.5) is 5.82 Å². The average molecular weight is 636 g/mol. The van der Waals surface area contributed by atoms with Gasteiger partial charge in [0.2, 0.25) is 0 Å². The number of nitrogen functional groups attached to an aromatic ring is 1. The summed E-state index contributed by atoms with van der Waals surface area (Å²) in [7, 11) is 0.788. The number of imidazole rings is 1. The summed E-state index contributed by atoms with van der Waals surface area (Å²) in [6.07, 6.45) is 4.90. The number of hydrogen-bond donors (Lipinski definition) is 1. The number of carbonyl (C=O) groups excluding carboxylic acids is 1. The topological polar surface area (TPSA) is 130 Å². The van der Waals surface area contributed by atoms with Gasteiger partial charge in [-0.15, -0.1) is 0 Å². The number of aromatic nitrogens is 5. The second kappa shape index (κ2) is 13.5. The van der Waals surface area contributed by atoms with Crippen molar-refractivity contribution in [1.82, 2.24) is 29.0 Å². The number of ether oxygens (including phenoxy) is 2. The Bertz CT molecular complexity index is 1670. The number of anilines is 1. The summed E-state index contributed by atoms with van der Waals surface area (Å²) < 4.78 is 15.2. The molecule has 0 saturated heterocycles. The van der Waals surface area contributed by atoms with Gasteiger partial charge in [0.05, 0.1) is 16.8 Å². The minimum Gasteiger partial charge on any atom is -0.383 e. The Morgan fingerprint density at radius 2 is 1.50 bits per heavy atom. The van der Waals surface area contributed by atoms with Crippen LogP contribution < -0.4 is 11.4 Å². The first-order chi connectivity index (χ1) is 20.7. The summed E-state index contributed by atoms with van der Waals surface area (Å²) in [6, 6.07) is 9.22. The molecule has 236 valence electrons. The predicted molar refractivity (Wildman–Crippen MR) is 181 cm³/mol. The highest BCUT2D eigenvalue weighted by atomic mass is 28.3. The molecule has 4 rings (SSSR count). The van der Waals surface area contributed by atoms with E-state index < -0.39 is 16.1 Å². The van der Waals surface area contributed by atoms with Crippen molar-refractivity contribution in [3.63, 3.8) is 0 Å². The van der Waals surface area contributed by atoms with Crippen LogP contribution in [0.1, 0.15) is 10.4 Å². The van der Waals surface area contributed by atoms with E-state index in [9.17, 15) is 9.59 Å². The maximum absolute atomic E-state index is 13.8. The number of nitrogens with zero attached hydrogens (tertiary/aromatic N) is 6. The zero-order valence-corrected chi connectivity index (χ0v) is 29.2. The van der Waals surface area contributed by atoms with Gasteiger partial charge in [0.1, 0.15) is 19.3 Å². The van der Waals surface area contributed by atoms with E-state index in [1.807, 2.05) is 12.1 Å². The van der Waals surface area contributed by atoms with Crippen molar-refractivity contribution in [3.05, 3.63) is 58.9 Å². The summed E-state index contributed by atoms with van der Waals surface area (Å²) in [5.74, 6) is 0.167. The fourth-order valence-electron chi connectivity index (χ4n) is 4.54. The highest BCUT2D eigenvalue weighted by Gasteiger charge is 2.21. The molecule has 0 aliphatic carbocycles. The molecule has 13 heteroatoms. The second-order valence-corrected chi connectivity index (χ2v) is 24.9. The molecule has 0 bridgehead atoms. The number of fused-ring (bicyclic) bond motifs is 1. The van der Waals surface area contributed by atoms with Crippen LogP contribution in [0.2, 0.25) is 51.4 Å². The molecule has 1 amide bonds. The predicted octanol–water partition coefficient (Wildman–Crippen LogP) is 5.23. The zero-order chi connectivity index (χ0) is 32.2. The van der Waals surface area contributed by atoms with E-state index in [4.69, 9.17) is 15.2 Å². The van der Waals surface area contributed by atoms with Crippen LogP contribution in [-0.2, 0) is 22.9 Å². The lowest BCUT2D eigenvalue weighted by Crippen LogP contribution is -2.28. The SMILES string of the molecule is CN(C)C(=O)c1ccc(-c2cc(-c3ccnc4c3n(COCC[Si](C)(C)C)c(=O)n4COCC[Si](C)(C)C)cnc2N)nc1. The molecule has 11 nitrogen and oxygen atoms in total.